The first-order chi connectivity index (χ1) is 39.9. The number of likely N-dealkylation sites (tertiary alicyclic amines) is 2. The van der Waals surface area contributed by atoms with Crippen molar-refractivity contribution in [3.8, 4) is 33.3 Å². The number of β-amino-alcohol motifs (C(OH)–C–C–N with tert-alkyl or cyclic N) is 1. The summed E-state index contributed by atoms with van der Waals surface area (Å²) < 4.78 is 41.2. The zero-order valence-corrected chi connectivity index (χ0v) is 50.8. The van der Waals surface area contributed by atoms with Crippen LogP contribution in [0.1, 0.15) is 92.0 Å². The first-order valence-corrected chi connectivity index (χ1v) is 30.0. The van der Waals surface area contributed by atoms with Gasteiger partial charge >= 0.3 is 12.1 Å². The van der Waals surface area contributed by atoms with E-state index in [1.165, 1.54) is 11.0 Å². The number of anilines is 1. The van der Waals surface area contributed by atoms with E-state index in [0.717, 1.165) is 34.5 Å². The lowest BCUT2D eigenvalue weighted by molar-refractivity contribution is -0.144. The summed E-state index contributed by atoms with van der Waals surface area (Å²) in [7, 11) is 0. The Bertz CT molecular complexity index is 3340. The molecule has 4 aromatic carbocycles. The van der Waals surface area contributed by atoms with E-state index in [1.807, 2.05) is 121 Å². The summed E-state index contributed by atoms with van der Waals surface area (Å²) in [5.41, 5.74) is 3.78. The molecule has 6 aromatic rings. The monoisotopic (exact) mass is 1190 g/mol. The van der Waals surface area contributed by atoms with Crippen molar-refractivity contribution in [2.45, 2.75) is 124 Å². The summed E-state index contributed by atoms with van der Waals surface area (Å²) >= 11 is 8.54. The summed E-state index contributed by atoms with van der Waals surface area (Å²) in [5, 5.41) is 29.2. The third kappa shape index (κ3) is 14.8. The van der Waals surface area contributed by atoms with Crippen LogP contribution >= 0.6 is 22.9 Å². The fourth-order valence-corrected chi connectivity index (χ4v) is 12.2. The molecule has 0 spiro atoms. The minimum absolute atomic E-state index is 0.00205. The molecule has 3 aliphatic heterocycles. The molecule has 3 fully saturated rings. The van der Waals surface area contributed by atoms with Crippen LogP contribution in [0.3, 0.4) is 0 Å². The van der Waals surface area contributed by atoms with Crippen molar-refractivity contribution in [1.29, 1.82) is 0 Å². The number of aryl methyl sites for hydroxylation is 1. The van der Waals surface area contributed by atoms with Gasteiger partial charge < -0.3 is 54.5 Å². The van der Waals surface area contributed by atoms with Crippen molar-refractivity contribution in [2.24, 2.45) is 5.41 Å². The van der Waals surface area contributed by atoms with Crippen molar-refractivity contribution in [3.05, 3.63) is 94.3 Å². The van der Waals surface area contributed by atoms with E-state index >= 15 is 4.39 Å². The maximum atomic E-state index is 17.3. The molecule has 84 heavy (non-hydrogen) atoms. The van der Waals surface area contributed by atoms with Crippen LogP contribution in [0.2, 0.25) is 5.02 Å². The molecule has 0 radical (unpaired) electrons. The predicted octanol–water partition coefficient (Wildman–Crippen LogP) is 9.07. The van der Waals surface area contributed by atoms with E-state index in [1.54, 1.807) is 28.4 Å². The van der Waals surface area contributed by atoms with Gasteiger partial charge in [-0.05, 0) is 105 Å². The number of phenolic OH excluding ortho intramolecular Hbond substituents is 1. The Labute approximate surface area is 498 Å². The third-order valence-electron chi connectivity index (χ3n) is 15.4. The van der Waals surface area contributed by atoms with Gasteiger partial charge in [0.05, 0.1) is 52.6 Å². The number of amides is 4. The number of benzene rings is 4. The predicted molar refractivity (Wildman–Crippen MR) is 322 cm³/mol. The highest BCUT2D eigenvalue weighted by atomic mass is 35.5. The van der Waals surface area contributed by atoms with E-state index < -0.39 is 59.0 Å². The van der Waals surface area contributed by atoms with Crippen LogP contribution in [0.15, 0.2) is 72.2 Å². The standard InChI is InChI=1S/C62H77ClFN9O10S/c1-36(82-59-68-53-47(56(69-59)71-22-24-72(25-23-71)60(79)83-62(7,8)9)31-48(63)51(52(53)64)46-29-42(74)28-41-12-10-11-13-45(41)46)32-70-20-18-44(19-21-70)81-27-26-80-34-50(76)67-55(61(4,5)6)58(78)73-33-43(75)30-49(73)57(77)66-37(2)39-14-16-40(17-15-39)54-38(3)65-35-84-54/h10-17,28-29,31,35-37,43-44,49,55,74-75H,18-27,30,32-34H2,1-9H3,(H,66,77)(H,67,76)/t36?,37?,43-,49+,55?/m1/s1. The second kappa shape index (κ2) is 26.3. The van der Waals surface area contributed by atoms with E-state index in [4.69, 9.17) is 35.5 Å². The molecule has 19 nitrogen and oxygen atoms in total. The van der Waals surface area contributed by atoms with Crippen LogP contribution in [-0.4, -0.2) is 172 Å². The number of aromatic nitrogens is 3. The fraction of sp³-hybridized carbons (Fsp3) is 0.500. The number of aromatic hydroxyl groups is 1. The number of carbonyl (C=O) groups excluding carboxylic acids is 4. The van der Waals surface area contributed by atoms with Crippen molar-refractivity contribution >= 4 is 74.2 Å². The number of hydrogen-bond donors (Lipinski definition) is 4. The van der Waals surface area contributed by atoms with Crippen LogP contribution in [0, 0.1) is 18.2 Å². The van der Waals surface area contributed by atoms with E-state index in [9.17, 15) is 29.4 Å². The molecule has 2 aromatic heterocycles. The molecule has 5 atom stereocenters. The Balaban J connectivity index is 0.760. The lowest BCUT2D eigenvalue weighted by atomic mass is 9.85. The number of halogens is 2. The molecule has 0 aliphatic carbocycles. The minimum atomic E-state index is -1.00. The van der Waals surface area contributed by atoms with Crippen LogP contribution in [-0.2, 0) is 28.6 Å². The number of aliphatic hydroxyl groups excluding tert-OH is 1. The zero-order valence-electron chi connectivity index (χ0n) is 49.2. The summed E-state index contributed by atoms with van der Waals surface area (Å²) in [4.78, 5) is 76.5. The summed E-state index contributed by atoms with van der Waals surface area (Å²) in [6, 6.07) is 17.7. The highest BCUT2D eigenvalue weighted by Crippen LogP contribution is 2.43. The zero-order chi connectivity index (χ0) is 60.2. The quantitative estimate of drug-likeness (QED) is 0.0590. The number of fused-ring (bicyclic) bond motifs is 2. The average Bonchev–Trinajstić information content (AvgIpc) is 2.26. The van der Waals surface area contributed by atoms with Crippen molar-refractivity contribution in [3.63, 3.8) is 0 Å². The van der Waals surface area contributed by atoms with Crippen molar-refractivity contribution in [1.82, 2.24) is 40.3 Å². The average molecular weight is 1190 g/mol. The number of thiazole rings is 1. The molecule has 4 amide bonds. The summed E-state index contributed by atoms with van der Waals surface area (Å²) in [6.07, 6.45) is -0.246. The molecular weight excluding hydrogens is 1120 g/mol. The second-order valence-electron chi connectivity index (χ2n) is 24.2. The van der Waals surface area contributed by atoms with Gasteiger partial charge in [-0.15, -0.1) is 11.3 Å². The number of phenols is 1. The number of piperidine rings is 1. The highest BCUT2D eigenvalue weighted by molar-refractivity contribution is 7.13. The Hall–Kier alpha value is -6.75. The molecule has 22 heteroatoms. The lowest BCUT2D eigenvalue weighted by Crippen LogP contribution is -2.58. The summed E-state index contributed by atoms with van der Waals surface area (Å²) in [6.45, 7) is 20.1. The van der Waals surface area contributed by atoms with Gasteiger partial charge in [0.2, 0.25) is 17.7 Å². The van der Waals surface area contributed by atoms with Gasteiger partial charge in [0.15, 0.2) is 5.82 Å². The molecular formula is C62H77ClFN9O10S. The van der Waals surface area contributed by atoms with Gasteiger partial charge in [0.1, 0.15) is 47.5 Å². The van der Waals surface area contributed by atoms with Crippen LogP contribution in [0.4, 0.5) is 15.0 Å². The first-order valence-electron chi connectivity index (χ1n) is 28.7. The van der Waals surface area contributed by atoms with Crippen LogP contribution in [0.5, 0.6) is 11.8 Å². The van der Waals surface area contributed by atoms with E-state index in [2.05, 4.69) is 25.5 Å². The maximum absolute atomic E-state index is 17.3. The first kappa shape index (κ1) is 61.8. The fourth-order valence-electron chi connectivity index (χ4n) is 11.1. The van der Waals surface area contributed by atoms with Crippen LogP contribution < -0.4 is 20.3 Å². The number of nitrogens with zero attached hydrogens (tertiary/aromatic N) is 7. The minimum Gasteiger partial charge on any atom is -0.508 e. The number of ether oxygens (including phenoxy) is 4. The Kier molecular flexibility index (Phi) is 19.3. The SMILES string of the molecule is Cc1ncsc1-c1ccc(C(C)NC(=O)[C@@H]2C[C@@H](O)CN2C(=O)C(NC(=O)COCCOC2CCN(CC(C)Oc3nc(N4CCN(C(=O)OC(C)(C)C)CC4)c4cc(Cl)c(-c5cc(O)cc6ccccc56)c(F)c4n3)CC2)C(C)(C)C)cc1. The highest BCUT2D eigenvalue weighted by Gasteiger charge is 2.45. The molecule has 9 rings (SSSR count). The Morgan fingerprint density at radius 1 is 0.893 bits per heavy atom. The van der Waals surface area contributed by atoms with Gasteiger partial charge in [0.25, 0.3) is 0 Å². The largest absolute Gasteiger partial charge is 0.508 e. The van der Waals surface area contributed by atoms with E-state index in [0.29, 0.717) is 73.4 Å². The topological polar surface area (TPSA) is 221 Å². The van der Waals surface area contributed by atoms with Gasteiger partial charge in [-0.2, -0.15) is 9.97 Å². The van der Waals surface area contributed by atoms with Gasteiger partial charge in [-0.25, -0.2) is 14.2 Å². The molecule has 0 saturated carbocycles. The summed E-state index contributed by atoms with van der Waals surface area (Å²) in [5.74, 6) is -1.67. The Morgan fingerprint density at radius 3 is 2.29 bits per heavy atom. The van der Waals surface area contributed by atoms with Crippen molar-refractivity contribution < 1.29 is 52.7 Å². The Morgan fingerprint density at radius 2 is 1.61 bits per heavy atom. The normalized spacial score (nSPS) is 18.5. The maximum Gasteiger partial charge on any atom is 0.410 e. The molecule has 3 aliphatic rings. The van der Waals surface area contributed by atoms with Gasteiger partial charge in [-0.1, -0.05) is 80.9 Å². The number of rotatable bonds is 18. The molecule has 5 heterocycles. The number of hydrogen-bond acceptors (Lipinski definition) is 16. The smallest absolute Gasteiger partial charge is 0.410 e. The van der Waals surface area contributed by atoms with Crippen molar-refractivity contribution in [2.75, 3.05) is 77.1 Å². The van der Waals surface area contributed by atoms with E-state index in [-0.39, 0.29) is 78.7 Å². The third-order valence-corrected chi connectivity index (χ3v) is 16.7. The molecule has 0 bridgehead atoms. The lowest BCUT2D eigenvalue weighted by Gasteiger charge is -2.36. The number of carbonyl (C=O) groups is 4. The molecule has 3 unspecified atom stereocenters. The molecule has 450 valence electrons. The molecule has 4 N–H and O–H groups in total. The van der Waals surface area contributed by atoms with Crippen LogP contribution in [0.25, 0.3) is 43.2 Å². The number of piperazine rings is 1. The van der Waals surface area contributed by atoms with Gasteiger partial charge in [0, 0.05) is 69.7 Å². The molecule has 3 saturated heterocycles. The number of nitrogens with one attached hydrogen (secondary N) is 2. The number of aliphatic hydroxyl groups is 1. The van der Waals surface area contributed by atoms with Gasteiger partial charge in [-0.3, -0.25) is 19.3 Å². The second-order valence-corrected chi connectivity index (χ2v) is 25.4.